The average molecular weight is 223 g/mol. The van der Waals surface area contributed by atoms with E-state index in [1.165, 1.54) is 0 Å². The van der Waals surface area contributed by atoms with Gasteiger partial charge in [-0.3, -0.25) is 9.63 Å². The van der Waals surface area contributed by atoms with Crippen molar-refractivity contribution in [1.29, 1.82) is 0 Å². The normalized spacial score (nSPS) is 12.7. The number of carboxylic acids is 1. The maximum absolute atomic E-state index is 11.0. The van der Waals surface area contributed by atoms with E-state index in [4.69, 9.17) is 9.94 Å². The molecule has 0 radical (unpaired) electrons. The van der Waals surface area contributed by atoms with Crippen molar-refractivity contribution in [2.24, 2.45) is 0 Å². The van der Waals surface area contributed by atoms with E-state index < -0.39 is 12.0 Å². The minimum atomic E-state index is -0.912. The number of nitrogens with one attached hydrogen (secondary N) is 1. The van der Waals surface area contributed by atoms with Crippen LogP contribution in [0.1, 0.15) is 19.4 Å². The van der Waals surface area contributed by atoms with Gasteiger partial charge in [0.15, 0.2) is 0 Å². The number of carboxylic acid groups (broad SMARTS) is 1. The highest BCUT2D eigenvalue weighted by molar-refractivity contribution is 5.73. The molecule has 4 heteroatoms. The summed E-state index contributed by atoms with van der Waals surface area (Å²) in [6, 6.07) is 8.75. The van der Waals surface area contributed by atoms with E-state index in [0.717, 1.165) is 5.56 Å². The number of carbonyl (C=O) groups is 1. The van der Waals surface area contributed by atoms with Gasteiger partial charge in [0.2, 0.25) is 0 Å². The minimum absolute atomic E-state index is 0.0439. The molecule has 2 N–H and O–H groups in total. The van der Waals surface area contributed by atoms with Gasteiger partial charge in [0.25, 0.3) is 0 Å². The van der Waals surface area contributed by atoms with Crippen LogP contribution < -0.4 is 5.48 Å². The van der Waals surface area contributed by atoms with Gasteiger partial charge in [-0.05, 0) is 19.4 Å². The molecule has 0 aliphatic carbocycles. The maximum atomic E-state index is 11.0. The first kappa shape index (κ1) is 12.7. The zero-order chi connectivity index (χ0) is 12.0. The molecule has 16 heavy (non-hydrogen) atoms. The molecule has 0 aliphatic rings. The van der Waals surface area contributed by atoms with Crippen molar-refractivity contribution in [3.63, 3.8) is 0 Å². The standard InChI is InChI=1S/C12H17NO3/c1-9(2)16-13-11(12(14)15)8-10-6-4-3-5-7-10/h3-7,9,11,13H,8H2,1-2H3,(H,14,15)/t11-/m0/s1. The molecule has 0 saturated carbocycles. The Balaban J connectivity index is 2.55. The Morgan fingerprint density at radius 2 is 2.00 bits per heavy atom. The quantitative estimate of drug-likeness (QED) is 0.719. The van der Waals surface area contributed by atoms with Crippen molar-refractivity contribution in [3.05, 3.63) is 35.9 Å². The predicted molar refractivity (Wildman–Crippen MR) is 60.9 cm³/mol. The van der Waals surface area contributed by atoms with E-state index in [-0.39, 0.29) is 6.10 Å². The first-order chi connectivity index (χ1) is 7.59. The number of benzene rings is 1. The Hall–Kier alpha value is -1.39. The third kappa shape index (κ3) is 4.42. The van der Waals surface area contributed by atoms with Gasteiger partial charge in [-0.1, -0.05) is 30.3 Å². The molecule has 0 aromatic heterocycles. The predicted octanol–water partition coefficient (Wildman–Crippen LogP) is 1.61. The van der Waals surface area contributed by atoms with Gasteiger partial charge in [0.1, 0.15) is 6.04 Å². The monoisotopic (exact) mass is 223 g/mol. The molecule has 0 spiro atoms. The van der Waals surface area contributed by atoms with Gasteiger partial charge in [-0.15, -0.1) is 0 Å². The Labute approximate surface area is 95.2 Å². The fourth-order valence-electron chi connectivity index (χ4n) is 1.25. The first-order valence-electron chi connectivity index (χ1n) is 5.27. The van der Waals surface area contributed by atoms with Crippen LogP contribution in [0.5, 0.6) is 0 Å². The molecule has 0 heterocycles. The summed E-state index contributed by atoms with van der Waals surface area (Å²) in [6.07, 6.45) is 0.362. The van der Waals surface area contributed by atoms with Crippen LogP contribution in [0.4, 0.5) is 0 Å². The van der Waals surface area contributed by atoms with Crippen molar-refractivity contribution in [3.8, 4) is 0 Å². The van der Waals surface area contributed by atoms with Crippen LogP contribution in [0, 0.1) is 0 Å². The van der Waals surface area contributed by atoms with E-state index in [2.05, 4.69) is 5.48 Å². The Morgan fingerprint density at radius 1 is 1.38 bits per heavy atom. The van der Waals surface area contributed by atoms with Gasteiger partial charge in [-0.2, -0.15) is 5.48 Å². The maximum Gasteiger partial charge on any atom is 0.323 e. The van der Waals surface area contributed by atoms with E-state index in [0.29, 0.717) is 6.42 Å². The fraction of sp³-hybridized carbons (Fsp3) is 0.417. The average Bonchev–Trinajstić information content (AvgIpc) is 2.25. The first-order valence-corrected chi connectivity index (χ1v) is 5.27. The Morgan fingerprint density at radius 3 is 2.50 bits per heavy atom. The number of aliphatic carboxylic acids is 1. The highest BCUT2D eigenvalue weighted by Crippen LogP contribution is 2.03. The molecule has 0 aliphatic heterocycles. The lowest BCUT2D eigenvalue weighted by Gasteiger charge is -2.16. The summed E-state index contributed by atoms with van der Waals surface area (Å²) in [5.41, 5.74) is 3.53. The molecular weight excluding hydrogens is 206 g/mol. The van der Waals surface area contributed by atoms with Crippen LogP contribution >= 0.6 is 0 Å². The topological polar surface area (TPSA) is 58.6 Å². The minimum Gasteiger partial charge on any atom is -0.480 e. The smallest absolute Gasteiger partial charge is 0.323 e. The summed E-state index contributed by atoms with van der Waals surface area (Å²) in [4.78, 5) is 16.1. The number of hydroxylamine groups is 1. The molecular formula is C12H17NO3. The molecule has 88 valence electrons. The van der Waals surface area contributed by atoms with Crippen molar-refractivity contribution >= 4 is 5.97 Å². The molecule has 0 bridgehead atoms. The number of rotatable bonds is 6. The van der Waals surface area contributed by atoms with Crippen LogP contribution in [-0.2, 0) is 16.1 Å². The molecule has 1 aromatic carbocycles. The zero-order valence-corrected chi connectivity index (χ0v) is 9.51. The van der Waals surface area contributed by atoms with E-state index >= 15 is 0 Å². The van der Waals surface area contributed by atoms with Crippen LogP contribution in [0.15, 0.2) is 30.3 Å². The second kappa shape index (κ2) is 6.25. The molecule has 0 saturated heterocycles. The lowest BCUT2D eigenvalue weighted by molar-refractivity contribution is -0.145. The second-order valence-electron chi connectivity index (χ2n) is 3.87. The molecule has 0 amide bonds. The van der Waals surface area contributed by atoms with Crippen LogP contribution in [0.25, 0.3) is 0 Å². The molecule has 1 atom stereocenters. The van der Waals surface area contributed by atoms with Crippen LogP contribution in [-0.4, -0.2) is 23.2 Å². The van der Waals surface area contributed by atoms with Crippen molar-refractivity contribution in [2.75, 3.05) is 0 Å². The zero-order valence-electron chi connectivity index (χ0n) is 9.51. The summed E-state index contributed by atoms with van der Waals surface area (Å²) in [6.45, 7) is 3.68. The fourth-order valence-corrected chi connectivity index (χ4v) is 1.25. The highest BCUT2D eigenvalue weighted by Gasteiger charge is 2.18. The largest absolute Gasteiger partial charge is 0.480 e. The van der Waals surface area contributed by atoms with Crippen molar-refractivity contribution in [1.82, 2.24) is 5.48 Å². The van der Waals surface area contributed by atoms with E-state index in [9.17, 15) is 4.79 Å². The Bertz CT molecular complexity index is 324. The molecule has 1 rings (SSSR count). The molecule has 0 unspecified atom stereocenters. The van der Waals surface area contributed by atoms with Crippen molar-refractivity contribution in [2.45, 2.75) is 32.4 Å². The van der Waals surface area contributed by atoms with Crippen LogP contribution in [0.2, 0.25) is 0 Å². The number of hydrogen-bond acceptors (Lipinski definition) is 3. The van der Waals surface area contributed by atoms with E-state index in [1.807, 2.05) is 44.2 Å². The third-order valence-corrected chi connectivity index (χ3v) is 2.03. The number of hydrogen-bond donors (Lipinski definition) is 2. The van der Waals surface area contributed by atoms with Gasteiger partial charge < -0.3 is 5.11 Å². The lowest BCUT2D eigenvalue weighted by atomic mass is 10.1. The second-order valence-corrected chi connectivity index (χ2v) is 3.87. The summed E-state index contributed by atoms with van der Waals surface area (Å²) in [5, 5.41) is 9.00. The molecule has 4 nitrogen and oxygen atoms in total. The van der Waals surface area contributed by atoms with Gasteiger partial charge in [0.05, 0.1) is 6.10 Å². The highest BCUT2D eigenvalue weighted by atomic mass is 16.7. The lowest BCUT2D eigenvalue weighted by Crippen LogP contribution is -2.39. The molecule has 1 aromatic rings. The summed E-state index contributed by atoms with van der Waals surface area (Å²) >= 11 is 0. The van der Waals surface area contributed by atoms with Crippen molar-refractivity contribution < 1.29 is 14.7 Å². The van der Waals surface area contributed by atoms with E-state index in [1.54, 1.807) is 0 Å². The van der Waals surface area contributed by atoms with Gasteiger partial charge >= 0.3 is 5.97 Å². The summed E-state index contributed by atoms with van der Waals surface area (Å²) in [7, 11) is 0. The van der Waals surface area contributed by atoms with Gasteiger partial charge in [-0.25, -0.2) is 0 Å². The van der Waals surface area contributed by atoms with Gasteiger partial charge in [0, 0.05) is 6.42 Å². The van der Waals surface area contributed by atoms with Crippen LogP contribution in [0.3, 0.4) is 0 Å². The third-order valence-electron chi connectivity index (χ3n) is 2.03. The molecule has 0 fully saturated rings. The Kier molecular flexibility index (Phi) is 4.95. The summed E-state index contributed by atoms with van der Waals surface area (Å²) in [5.74, 6) is -0.912. The summed E-state index contributed by atoms with van der Waals surface area (Å²) < 4.78 is 0. The SMILES string of the molecule is CC(C)ON[C@@H](Cc1ccccc1)C(=O)O.